The van der Waals surface area contributed by atoms with E-state index in [-0.39, 0.29) is 5.75 Å². The first-order valence-electron chi connectivity index (χ1n) is 4.34. The van der Waals surface area contributed by atoms with Gasteiger partial charge in [-0.3, -0.25) is 4.79 Å². The van der Waals surface area contributed by atoms with Gasteiger partial charge in [0.1, 0.15) is 11.6 Å². The Morgan fingerprint density at radius 1 is 1.27 bits per heavy atom. The van der Waals surface area contributed by atoms with Gasteiger partial charge in [-0.2, -0.15) is 0 Å². The molecule has 2 rings (SSSR count). The first-order valence-corrected chi connectivity index (χ1v) is 4.34. The van der Waals surface area contributed by atoms with Gasteiger partial charge in [-0.15, -0.1) is 0 Å². The highest BCUT2D eigenvalue weighted by molar-refractivity contribution is 5.68. The van der Waals surface area contributed by atoms with Crippen LogP contribution in [-0.2, 0) is 0 Å². The van der Waals surface area contributed by atoms with E-state index in [1.165, 1.54) is 24.4 Å². The number of H-pyrrole nitrogens is 1. The van der Waals surface area contributed by atoms with Crippen molar-refractivity contribution in [3.05, 3.63) is 52.7 Å². The molecule has 2 N–H and O–H groups in total. The van der Waals surface area contributed by atoms with Crippen molar-refractivity contribution in [1.82, 2.24) is 4.98 Å². The number of hydrogen-bond acceptors (Lipinski definition) is 2. The zero-order valence-corrected chi connectivity index (χ0v) is 7.70. The molecule has 0 saturated carbocycles. The lowest BCUT2D eigenvalue weighted by Gasteiger charge is -2.03. The van der Waals surface area contributed by atoms with E-state index in [1.54, 1.807) is 6.07 Å². The third kappa shape index (κ3) is 1.88. The number of hydrogen-bond donors (Lipinski definition) is 2. The standard InChI is InChI=1S/C11H8FNO2/c12-8-3-1-2-7(4-8)9-6-13-11(15)5-10(9)14/h1-6H,(H2,13,14,15). The van der Waals surface area contributed by atoms with Gasteiger partial charge < -0.3 is 10.1 Å². The third-order valence-corrected chi connectivity index (χ3v) is 2.04. The van der Waals surface area contributed by atoms with Gasteiger partial charge in [0.25, 0.3) is 5.56 Å². The van der Waals surface area contributed by atoms with E-state index in [9.17, 15) is 14.3 Å². The minimum atomic E-state index is -0.396. The second-order valence-corrected chi connectivity index (χ2v) is 3.11. The van der Waals surface area contributed by atoms with Gasteiger partial charge >= 0.3 is 0 Å². The van der Waals surface area contributed by atoms with Crippen LogP contribution < -0.4 is 5.56 Å². The van der Waals surface area contributed by atoms with Crippen LogP contribution in [0, 0.1) is 5.82 Å². The van der Waals surface area contributed by atoms with Gasteiger partial charge in [0.05, 0.1) is 0 Å². The Hall–Kier alpha value is -2.10. The lowest BCUT2D eigenvalue weighted by Crippen LogP contribution is -2.02. The number of aromatic nitrogens is 1. The number of nitrogens with one attached hydrogen (secondary N) is 1. The summed E-state index contributed by atoms with van der Waals surface area (Å²) in [5.74, 6) is -0.553. The molecular weight excluding hydrogens is 197 g/mol. The lowest BCUT2D eigenvalue weighted by molar-refractivity contribution is 0.476. The van der Waals surface area contributed by atoms with Crippen molar-refractivity contribution in [2.24, 2.45) is 0 Å². The minimum absolute atomic E-state index is 0.163. The summed E-state index contributed by atoms with van der Waals surface area (Å²) in [6, 6.07) is 6.84. The fourth-order valence-electron chi connectivity index (χ4n) is 1.35. The molecule has 0 aliphatic heterocycles. The van der Waals surface area contributed by atoms with E-state index in [4.69, 9.17) is 0 Å². The van der Waals surface area contributed by atoms with Crippen molar-refractivity contribution >= 4 is 0 Å². The van der Waals surface area contributed by atoms with Gasteiger partial charge in [0, 0.05) is 17.8 Å². The van der Waals surface area contributed by atoms with E-state index in [2.05, 4.69) is 4.98 Å². The van der Waals surface area contributed by atoms with Crippen LogP contribution in [0.1, 0.15) is 0 Å². The Balaban J connectivity index is 2.59. The molecule has 0 saturated heterocycles. The Morgan fingerprint density at radius 3 is 2.73 bits per heavy atom. The Morgan fingerprint density at radius 2 is 2.07 bits per heavy atom. The number of pyridine rings is 1. The summed E-state index contributed by atoms with van der Waals surface area (Å²) in [4.78, 5) is 13.3. The van der Waals surface area contributed by atoms with Gasteiger partial charge in [-0.05, 0) is 17.7 Å². The SMILES string of the molecule is O=c1cc(O)c(-c2cccc(F)c2)c[nH]1. The predicted molar refractivity (Wildman–Crippen MR) is 54.1 cm³/mol. The number of halogens is 1. The Labute approximate surface area is 84.8 Å². The van der Waals surface area contributed by atoms with Crippen LogP contribution in [0.5, 0.6) is 5.75 Å². The normalized spacial score (nSPS) is 10.2. The zero-order chi connectivity index (χ0) is 10.8. The molecule has 3 nitrogen and oxygen atoms in total. The quantitative estimate of drug-likeness (QED) is 0.746. The fourth-order valence-corrected chi connectivity index (χ4v) is 1.35. The van der Waals surface area contributed by atoms with Crippen LogP contribution in [0.4, 0.5) is 4.39 Å². The first kappa shape index (κ1) is 9.45. The Bertz CT molecular complexity index is 548. The maximum Gasteiger partial charge on any atom is 0.251 e. The molecule has 0 bridgehead atoms. The van der Waals surface area contributed by atoms with Crippen molar-refractivity contribution in [1.29, 1.82) is 0 Å². The summed E-state index contributed by atoms with van der Waals surface area (Å²) < 4.78 is 12.9. The molecule has 0 amide bonds. The van der Waals surface area contributed by atoms with Gasteiger partial charge in [0.15, 0.2) is 0 Å². The van der Waals surface area contributed by atoms with Crippen LogP contribution in [0.3, 0.4) is 0 Å². The molecular formula is C11H8FNO2. The third-order valence-electron chi connectivity index (χ3n) is 2.04. The second-order valence-electron chi connectivity index (χ2n) is 3.11. The lowest BCUT2D eigenvalue weighted by atomic mass is 10.1. The molecule has 15 heavy (non-hydrogen) atoms. The molecule has 0 aliphatic carbocycles. The summed E-state index contributed by atoms with van der Waals surface area (Å²) >= 11 is 0. The first-order chi connectivity index (χ1) is 7.16. The van der Waals surface area contributed by atoms with Crippen molar-refractivity contribution < 1.29 is 9.50 Å². The monoisotopic (exact) mass is 205 g/mol. The smallest absolute Gasteiger partial charge is 0.251 e. The molecule has 0 spiro atoms. The number of aromatic amines is 1. The molecule has 1 aromatic heterocycles. The second kappa shape index (κ2) is 3.57. The topological polar surface area (TPSA) is 53.1 Å². The van der Waals surface area contributed by atoms with Crippen molar-refractivity contribution in [2.75, 3.05) is 0 Å². The highest BCUT2D eigenvalue weighted by Crippen LogP contribution is 2.26. The van der Waals surface area contributed by atoms with Gasteiger partial charge in [0.2, 0.25) is 0 Å². The number of benzene rings is 1. The average molecular weight is 205 g/mol. The maximum absolute atomic E-state index is 12.9. The molecule has 0 unspecified atom stereocenters. The van der Waals surface area contributed by atoms with Crippen molar-refractivity contribution in [3.63, 3.8) is 0 Å². The largest absolute Gasteiger partial charge is 0.507 e. The molecule has 4 heteroatoms. The molecule has 0 radical (unpaired) electrons. The molecule has 1 aromatic carbocycles. The maximum atomic E-state index is 12.9. The molecule has 1 heterocycles. The highest BCUT2D eigenvalue weighted by atomic mass is 19.1. The van der Waals surface area contributed by atoms with Gasteiger partial charge in [-0.1, -0.05) is 12.1 Å². The highest BCUT2D eigenvalue weighted by Gasteiger charge is 2.05. The molecule has 0 fully saturated rings. The van der Waals surface area contributed by atoms with E-state index in [0.717, 1.165) is 6.07 Å². The van der Waals surface area contributed by atoms with Crippen LogP contribution in [-0.4, -0.2) is 10.1 Å². The summed E-state index contributed by atoms with van der Waals surface area (Å²) in [5.41, 5.74) is 0.519. The van der Waals surface area contributed by atoms with Crippen molar-refractivity contribution in [3.8, 4) is 16.9 Å². The fraction of sp³-hybridized carbons (Fsp3) is 0. The average Bonchev–Trinajstić information content (AvgIpc) is 2.17. The number of rotatable bonds is 1. The van der Waals surface area contributed by atoms with Gasteiger partial charge in [-0.25, -0.2) is 4.39 Å². The van der Waals surface area contributed by atoms with E-state index < -0.39 is 11.4 Å². The summed E-state index contributed by atoms with van der Waals surface area (Å²) in [6.07, 6.45) is 1.35. The predicted octanol–water partition coefficient (Wildman–Crippen LogP) is 1.89. The number of aromatic hydroxyl groups is 1. The van der Waals surface area contributed by atoms with Crippen LogP contribution in [0.2, 0.25) is 0 Å². The zero-order valence-electron chi connectivity index (χ0n) is 7.70. The van der Waals surface area contributed by atoms with Crippen LogP contribution in [0.25, 0.3) is 11.1 Å². The molecule has 0 atom stereocenters. The summed E-state index contributed by atoms with van der Waals surface area (Å²) in [5, 5.41) is 9.49. The van der Waals surface area contributed by atoms with Crippen LogP contribution in [0.15, 0.2) is 41.3 Å². The molecule has 2 aromatic rings. The summed E-state index contributed by atoms with van der Waals surface area (Å²) in [7, 11) is 0. The van der Waals surface area contributed by atoms with Crippen LogP contribution >= 0.6 is 0 Å². The van der Waals surface area contributed by atoms with E-state index >= 15 is 0 Å². The molecule has 0 aliphatic rings. The molecule has 76 valence electrons. The Kier molecular flexibility index (Phi) is 2.25. The van der Waals surface area contributed by atoms with Crippen molar-refractivity contribution in [2.45, 2.75) is 0 Å². The summed E-state index contributed by atoms with van der Waals surface area (Å²) in [6.45, 7) is 0. The minimum Gasteiger partial charge on any atom is -0.507 e. The van der Waals surface area contributed by atoms with E-state index in [1.807, 2.05) is 0 Å². The van der Waals surface area contributed by atoms with E-state index in [0.29, 0.717) is 11.1 Å².